The van der Waals surface area contributed by atoms with E-state index >= 15 is 0 Å². The third-order valence-electron chi connectivity index (χ3n) is 14.0. The number of carbonyl (C=O) groups excluding carboxylic acids is 1. The highest BCUT2D eigenvalue weighted by atomic mass is 31.2. The fourth-order valence-electron chi connectivity index (χ4n) is 11.1. The van der Waals surface area contributed by atoms with Crippen LogP contribution in [-0.2, 0) is 30.1 Å². The van der Waals surface area contributed by atoms with Crippen molar-refractivity contribution in [3.05, 3.63) is 35.9 Å². The molecule has 0 aliphatic heterocycles. The molecule has 4 aliphatic carbocycles. The maximum absolute atomic E-state index is 14.0. The summed E-state index contributed by atoms with van der Waals surface area (Å²) in [5.41, 5.74) is 0.800. The minimum atomic E-state index is -3.61. The third kappa shape index (κ3) is 8.51. The second-order valence-electron chi connectivity index (χ2n) is 16.7. The fourth-order valence-corrected chi connectivity index (χ4v) is 13.4. The molecule has 0 radical (unpaired) electrons. The lowest BCUT2D eigenvalue weighted by Gasteiger charge is -2.62. The number of aliphatic hydroxyl groups is 2. The number of nitrogens with one attached hydrogen (secondary N) is 1. The van der Waals surface area contributed by atoms with E-state index in [0.717, 1.165) is 50.5 Å². The van der Waals surface area contributed by atoms with E-state index in [1.54, 1.807) is 0 Å². The number of carboxylic acids is 2. The van der Waals surface area contributed by atoms with E-state index in [-0.39, 0.29) is 67.1 Å². The summed E-state index contributed by atoms with van der Waals surface area (Å²) in [6.07, 6.45) is 7.34. The Kier molecular flexibility index (Phi) is 12.6. The number of carboxylic acid groups (broad SMARTS) is 2. The zero-order valence-electron chi connectivity index (χ0n) is 30.2. The van der Waals surface area contributed by atoms with E-state index in [4.69, 9.17) is 9.63 Å². The Morgan fingerprint density at radius 2 is 1.70 bits per heavy atom. The van der Waals surface area contributed by atoms with Gasteiger partial charge in [-0.15, -0.1) is 0 Å². The molecule has 5 N–H and O–H groups in total. The molecule has 0 heterocycles. The molecule has 5 rings (SSSR count). The van der Waals surface area contributed by atoms with Gasteiger partial charge in [0.2, 0.25) is 13.3 Å². The van der Waals surface area contributed by atoms with Crippen LogP contribution in [-0.4, -0.2) is 69.3 Å². The molecular weight excluding hydrogens is 657 g/mol. The summed E-state index contributed by atoms with van der Waals surface area (Å²) in [4.78, 5) is 36.1. The molecule has 7 unspecified atom stereocenters. The van der Waals surface area contributed by atoms with Gasteiger partial charge in [0.15, 0.2) is 0 Å². The zero-order chi connectivity index (χ0) is 36.3. The number of aliphatic hydroxyl groups excluding tert-OH is 2. The van der Waals surface area contributed by atoms with Crippen molar-refractivity contribution in [1.29, 1.82) is 0 Å². The van der Waals surface area contributed by atoms with E-state index in [2.05, 4.69) is 26.1 Å². The molecule has 1 aromatic carbocycles. The van der Waals surface area contributed by atoms with Crippen LogP contribution >= 0.6 is 7.37 Å². The quantitative estimate of drug-likeness (QED) is 0.119. The van der Waals surface area contributed by atoms with Crippen molar-refractivity contribution >= 4 is 25.2 Å². The summed E-state index contributed by atoms with van der Waals surface area (Å²) in [6, 6.07) is 9.09. The second-order valence-corrected chi connectivity index (χ2v) is 19.4. The van der Waals surface area contributed by atoms with Crippen molar-refractivity contribution in [2.24, 2.45) is 52.3 Å². The minimum absolute atomic E-state index is 0.0000730. The molecule has 4 aliphatic rings. The Hall–Kier alpha value is -2.26. The first-order valence-corrected chi connectivity index (χ1v) is 21.0. The molecule has 0 saturated heterocycles. The molecule has 4 fully saturated rings. The van der Waals surface area contributed by atoms with Crippen molar-refractivity contribution in [2.45, 2.75) is 117 Å². The van der Waals surface area contributed by atoms with Crippen LogP contribution in [0, 0.1) is 52.3 Å². The Morgan fingerprint density at radius 1 is 0.960 bits per heavy atom. The van der Waals surface area contributed by atoms with Gasteiger partial charge < -0.3 is 30.3 Å². The number of carbonyl (C=O) groups is 3. The number of amides is 1. The molecule has 50 heavy (non-hydrogen) atoms. The molecule has 0 aromatic heterocycles. The van der Waals surface area contributed by atoms with Crippen LogP contribution in [0.5, 0.6) is 0 Å². The number of hydrogen-bond donors (Lipinski definition) is 5. The van der Waals surface area contributed by atoms with E-state index < -0.39 is 25.2 Å². The summed E-state index contributed by atoms with van der Waals surface area (Å²) in [5.74, 6) is -1.01. The molecule has 1 aromatic rings. The SMILES string of the molecule is CC(CCNC(=O)CCP(=O)(CC(CCC(=O)O)C(=O)O)OCc1ccccc1)[C@H]1CCC2C3CCC4C[C@H](O)CC[C@]4(C)C3C[C@H](O)[C@@]21C. The van der Waals surface area contributed by atoms with Crippen LogP contribution in [0.2, 0.25) is 0 Å². The number of hydrogen-bond acceptors (Lipinski definition) is 7. The van der Waals surface area contributed by atoms with Gasteiger partial charge >= 0.3 is 11.9 Å². The fraction of sp³-hybridized carbons (Fsp3) is 0.769. The molecule has 0 spiro atoms. The predicted octanol–water partition coefficient (Wildman–Crippen LogP) is 6.57. The Morgan fingerprint density at radius 3 is 2.40 bits per heavy atom. The Balaban J connectivity index is 1.15. The monoisotopic (exact) mass is 717 g/mol. The van der Waals surface area contributed by atoms with Crippen LogP contribution in [0.3, 0.4) is 0 Å². The van der Waals surface area contributed by atoms with Gasteiger partial charge in [0.05, 0.1) is 24.7 Å². The van der Waals surface area contributed by atoms with Gasteiger partial charge in [-0.1, -0.05) is 51.1 Å². The Bertz CT molecular complexity index is 1390. The molecule has 10 nitrogen and oxygen atoms in total. The highest BCUT2D eigenvalue weighted by molar-refractivity contribution is 7.59. The van der Waals surface area contributed by atoms with Gasteiger partial charge in [0, 0.05) is 31.7 Å². The van der Waals surface area contributed by atoms with Crippen LogP contribution < -0.4 is 5.32 Å². The molecular formula is C39H60NO9P. The van der Waals surface area contributed by atoms with Crippen LogP contribution in [0.4, 0.5) is 0 Å². The average molecular weight is 718 g/mol. The van der Waals surface area contributed by atoms with Crippen molar-refractivity contribution in [3.8, 4) is 0 Å². The predicted molar refractivity (Wildman–Crippen MR) is 191 cm³/mol. The first-order valence-electron chi connectivity index (χ1n) is 19.0. The van der Waals surface area contributed by atoms with E-state index in [1.807, 2.05) is 30.3 Å². The maximum atomic E-state index is 14.0. The summed E-state index contributed by atoms with van der Waals surface area (Å²) in [6.45, 7) is 7.44. The number of fused-ring (bicyclic) bond motifs is 5. The highest BCUT2D eigenvalue weighted by Gasteiger charge is 2.63. The molecule has 280 valence electrons. The van der Waals surface area contributed by atoms with E-state index in [9.17, 15) is 34.3 Å². The topological polar surface area (TPSA) is 170 Å². The van der Waals surface area contributed by atoms with Crippen molar-refractivity contribution < 1.29 is 43.9 Å². The number of rotatable bonds is 16. The van der Waals surface area contributed by atoms with Gasteiger partial charge in [-0.25, -0.2) is 0 Å². The maximum Gasteiger partial charge on any atom is 0.307 e. The lowest BCUT2D eigenvalue weighted by molar-refractivity contribution is -0.174. The van der Waals surface area contributed by atoms with Gasteiger partial charge in [-0.3, -0.25) is 18.9 Å². The third-order valence-corrected chi connectivity index (χ3v) is 16.5. The minimum Gasteiger partial charge on any atom is -0.481 e. The van der Waals surface area contributed by atoms with Crippen molar-refractivity contribution in [3.63, 3.8) is 0 Å². The van der Waals surface area contributed by atoms with Gasteiger partial charge in [0.1, 0.15) is 0 Å². The van der Waals surface area contributed by atoms with Gasteiger partial charge in [0.25, 0.3) is 0 Å². The largest absolute Gasteiger partial charge is 0.481 e. The highest BCUT2D eigenvalue weighted by Crippen LogP contribution is 2.68. The number of benzene rings is 1. The summed E-state index contributed by atoms with van der Waals surface area (Å²) in [5, 5.41) is 44.0. The average Bonchev–Trinajstić information content (AvgIpc) is 3.44. The second kappa shape index (κ2) is 16.2. The summed E-state index contributed by atoms with van der Waals surface area (Å²) < 4.78 is 19.8. The van der Waals surface area contributed by atoms with Gasteiger partial charge in [-0.2, -0.15) is 0 Å². The molecule has 0 bridgehead atoms. The van der Waals surface area contributed by atoms with Crippen molar-refractivity contribution in [2.75, 3.05) is 18.9 Å². The Labute approximate surface area is 297 Å². The molecule has 4 saturated carbocycles. The summed E-state index contributed by atoms with van der Waals surface area (Å²) >= 11 is 0. The molecule has 1 amide bonds. The van der Waals surface area contributed by atoms with Crippen LogP contribution in [0.25, 0.3) is 0 Å². The zero-order valence-corrected chi connectivity index (χ0v) is 31.1. The van der Waals surface area contributed by atoms with E-state index in [0.29, 0.717) is 42.1 Å². The first kappa shape index (κ1) is 39.0. The summed E-state index contributed by atoms with van der Waals surface area (Å²) in [7, 11) is -3.61. The molecule has 11 heteroatoms. The number of aliphatic carboxylic acids is 2. The molecule has 12 atom stereocenters. The van der Waals surface area contributed by atoms with Crippen molar-refractivity contribution in [1.82, 2.24) is 5.32 Å². The first-order chi connectivity index (χ1) is 23.7. The lowest BCUT2D eigenvalue weighted by atomic mass is 9.43. The van der Waals surface area contributed by atoms with Crippen LogP contribution in [0.15, 0.2) is 30.3 Å². The normalized spacial score (nSPS) is 35.8. The lowest BCUT2D eigenvalue weighted by Crippen LogP contribution is -2.58. The van der Waals surface area contributed by atoms with Gasteiger partial charge in [-0.05, 0) is 116 Å². The standard InChI is InChI=1S/C39H60NO9P/c1-25(31-12-13-32-30-11-10-28-21-29(41)15-18-38(28,2)33(30)22-34(42)39(31,32)3)16-19-40-35(43)17-20-50(48,49-23-26-7-5-4-6-8-26)24-27(37(46)47)9-14-36(44)45/h4-8,25,27-34,41-42H,9-24H2,1-3H3,(H,40,43)(H,44,45)(H,46,47)/t25?,27?,28?,29-,30?,31-,32?,33?,34+,38+,39-,50?/m1/s1. The van der Waals surface area contributed by atoms with E-state index in [1.165, 1.54) is 12.8 Å². The smallest absolute Gasteiger partial charge is 0.307 e. The van der Waals surface area contributed by atoms with Crippen LogP contribution in [0.1, 0.15) is 103 Å².